The van der Waals surface area contributed by atoms with Crippen molar-refractivity contribution in [1.29, 1.82) is 0 Å². The first-order valence-corrected chi connectivity index (χ1v) is 18.4. The summed E-state index contributed by atoms with van der Waals surface area (Å²) in [6.07, 6.45) is 6.00. The second kappa shape index (κ2) is 9.06. The fourth-order valence-electron chi connectivity index (χ4n) is 3.95. The zero-order chi connectivity index (χ0) is 16.8. The summed E-state index contributed by atoms with van der Waals surface area (Å²) in [5.41, 5.74) is 4.90. The fraction of sp³-hybridized carbons (Fsp3) is 0.579. The van der Waals surface area contributed by atoms with Crippen LogP contribution in [0.5, 0.6) is 0 Å². The van der Waals surface area contributed by atoms with Gasteiger partial charge in [-0.3, -0.25) is 0 Å². The van der Waals surface area contributed by atoms with E-state index in [-0.39, 0.29) is 31.0 Å². The molecule has 0 spiro atoms. The maximum Gasteiger partial charge on any atom is -0.147 e. The van der Waals surface area contributed by atoms with Gasteiger partial charge in [0.05, 0.1) is 0 Å². The Morgan fingerprint density at radius 2 is 1.58 bits per heavy atom. The molecule has 2 aliphatic rings. The molecule has 0 nitrogen and oxygen atoms in total. The number of hydrogen-bond donors (Lipinski definition) is 0. The van der Waals surface area contributed by atoms with E-state index in [1.54, 1.807) is 16.7 Å². The van der Waals surface area contributed by atoms with Crippen LogP contribution in [-0.2, 0) is 16.6 Å². The van der Waals surface area contributed by atoms with Gasteiger partial charge in [-0.25, -0.2) is 0 Å². The number of hydrogen-bond acceptors (Lipinski definition) is 0. The molecule has 24 heavy (non-hydrogen) atoms. The third-order valence-corrected chi connectivity index (χ3v) is 19.8. The zero-order valence-electron chi connectivity index (χ0n) is 16.8. The fourth-order valence-corrected chi connectivity index (χ4v) is 20.9. The summed E-state index contributed by atoms with van der Waals surface area (Å²) in [6, 6.07) is 0. The molecule has 0 saturated carbocycles. The Labute approximate surface area is 169 Å². The minimum absolute atomic E-state index is 0. The molecule has 0 aromatic rings. The third kappa shape index (κ3) is 4.50. The Balaban J connectivity index is 0.00000264. The van der Waals surface area contributed by atoms with Crippen molar-refractivity contribution < 1.29 is 16.6 Å². The molecule has 2 aliphatic carbocycles. The van der Waals surface area contributed by atoms with Crippen molar-refractivity contribution >= 4 is 39.1 Å². The topological polar surface area (TPSA) is 0 Å². The second-order valence-corrected chi connectivity index (χ2v) is 24.9. The molecule has 0 saturated heterocycles. The molecule has 0 bridgehead atoms. The van der Waals surface area contributed by atoms with E-state index >= 15 is 0 Å². The summed E-state index contributed by atoms with van der Waals surface area (Å²) >= 11 is -1.31. The van der Waals surface area contributed by atoms with Gasteiger partial charge < -0.3 is 0 Å². The Morgan fingerprint density at radius 1 is 1.04 bits per heavy atom. The van der Waals surface area contributed by atoms with Crippen LogP contribution < -0.4 is 0 Å². The average Bonchev–Trinajstić information content (AvgIpc) is 2.95. The summed E-state index contributed by atoms with van der Waals surface area (Å²) in [4.78, 5) is 0. The van der Waals surface area contributed by atoms with Crippen LogP contribution in [-0.4, -0.2) is 14.3 Å². The minimum Gasteiger partial charge on any atom is -0.147 e. The summed E-state index contributed by atoms with van der Waals surface area (Å²) in [5.74, 6) is 0.714. The number of allylic oxidation sites excluding steroid dienone is 8. The van der Waals surface area contributed by atoms with Crippen LogP contribution in [0.4, 0.5) is 0 Å². The van der Waals surface area contributed by atoms with Gasteiger partial charge in [0.25, 0.3) is 0 Å². The molecule has 0 heterocycles. The van der Waals surface area contributed by atoms with Crippen molar-refractivity contribution in [2.45, 2.75) is 66.9 Å². The molecular weight excluding hydrogens is 403 g/mol. The zero-order valence-corrected chi connectivity index (χ0v) is 22.0. The number of halogens is 2. The molecule has 0 aromatic carbocycles. The molecule has 1 unspecified atom stereocenters. The molecule has 5 heteroatoms. The predicted octanol–water partition coefficient (Wildman–Crippen LogP) is 7.05. The van der Waals surface area contributed by atoms with Gasteiger partial charge in [0.2, 0.25) is 0 Å². The van der Waals surface area contributed by atoms with E-state index in [0.29, 0.717) is 5.92 Å². The largest absolute Gasteiger partial charge is 0.147 e. The van der Waals surface area contributed by atoms with Crippen LogP contribution in [0.15, 0.2) is 41.8 Å². The van der Waals surface area contributed by atoms with E-state index in [1.807, 2.05) is 13.0 Å². The van der Waals surface area contributed by atoms with Crippen LogP contribution in [0.25, 0.3) is 0 Å². The quantitative estimate of drug-likeness (QED) is 0.415. The van der Waals surface area contributed by atoms with Gasteiger partial charge in [-0.05, 0) is 0 Å². The Hall–Kier alpha value is 0.688. The molecule has 2 rings (SSSR count). The summed E-state index contributed by atoms with van der Waals surface area (Å²) in [5, 5.41) is 1.81. The van der Waals surface area contributed by atoms with Crippen LogP contribution >= 0.6 is 24.8 Å². The SMILES string of the molecule is CC1=C(C)C(C)[C]([Ti]([C]2=C([Si](C)(C)C)C=CC2)=[Si](C)C)=C1C.Cl.Cl. The van der Waals surface area contributed by atoms with E-state index in [2.05, 4.69) is 72.6 Å². The van der Waals surface area contributed by atoms with Crippen LogP contribution in [0, 0.1) is 5.92 Å². The molecular formula is C19H34Cl2Si2Ti. The second-order valence-electron chi connectivity index (χ2n) is 8.19. The maximum atomic E-state index is 2.59. The van der Waals surface area contributed by atoms with Gasteiger partial charge in [0.1, 0.15) is 0 Å². The molecule has 0 amide bonds. The minimum atomic E-state index is -1.31. The molecule has 136 valence electrons. The van der Waals surface area contributed by atoms with E-state index in [0.717, 1.165) is 0 Å². The van der Waals surface area contributed by atoms with Gasteiger partial charge in [0.15, 0.2) is 0 Å². The van der Waals surface area contributed by atoms with Crippen molar-refractivity contribution in [2.75, 3.05) is 0 Å². The predicted molar refractivity (Wildman–Crippen MR) is 116 cm³/mol. The molecule has 0 N–H and O–H groups in total. The first-order chi connectivity index (χ1) is 10.1. The van der Waals surface area contributed by atoms with Crippen molar-refractivity contribution in [2.24, 2.45) is 5.92 Å². The third-order valence-electron chi connectivity index (χ3n) is 5.45. The standard InChI is InChI=1S/C9H13.C8H13Si.C2H6Si.2ClH.Ti/c1-6-5-7(2)9(4)8(6)3;1-9(2,3)8-6-4-5-7-8;1-3-2;;;/h6H,1-4H3;4,6H,5H2,1-3H3;1-2H3;2*1H;. The van der Waals surface area contributed by atoms with Gasteiger partial charge >= 0.3 is 145 Å². The van der Waals surface area contributed by atoms with Gasteiger partial charge in [-0.2, -0.15) is 0 Å². The van der Waals surface area contributed by atoms with E-state index in [9.17, 15) is 0 Å². The van der Waals surface area contributed by atoms with Crippen LogP contribution in [0.1, 0.15) is 34.1 Å². The Kier molecular flexibility index (Phi) is 9.32. The monoisotopic (exact) mass is 436 g/mol. The summed E-state index contributed by atoms with van der Waals surface area (Å²) in [6.45, 7) is 22.4. The maximum absolute atomic E-state index is 2.59. The first kappa shape index (κ1) is 24.7. The van der Waals surface area contributed by atoms with Gasteiger partial charge in [0, 0.05) is 0 Å². The Bertz CT molecular complexity index is 670. The van der Waals surface area contributed by atoms with Crippen molar-refractivity contribution in [3.63, 3.8) is 0 Å². The first-order valence-electron chi connectivity index (χ1n) is 8.54. The molecule has 1 atom stereocenters. The number of rotatable bonds is 3. The normalized spacial score (nSPS) is 20.5. The van der Waals surface area contributed by atoms with Gasteiger partial charge in [-0.1, -0.05) is 0 Å². The van der Waals surface area contributed by atoms with Gasteiger partial charge in [-0.15, -0.1) is 24.8 Å². The molecule has 0 aliphatic heterocycles. The smallest absolute Gasteiger partial charge is 0.147 e. The van der Waals surface area contributed by atoms with Crippen molar-refractivity contribution in [3.05, 3.63) is 41.8 Å². The summed E-state index contributed by atoms with van der Waals surface area (Å²) in [7, 11) is -1.21. The van der Waals surface area contributed by atoms with Crippen LogP contribution in [0.2, 0.25) is 32.7 Å². The summed E-state index contributed by atoms with van der Waals surface area (Å²) < 4.78 is 3.87. The van der Waals surface area contributed by atoms with E-state index in [1.165, 1.54) is 6.42 Å². The van der Waals surface area contributed by atoms with Crippen molar-refractivity contribution in [3.8, 4) is 0 Å². The van der Waals surface area contributed by atoms with E-state index in [4.69, 9.17) is 0 Å². The molecule has 0 fully saturated rings. The van der Waals surface area contributed by atoms with Crippen molar-refractivity contribution in [1.82, 2.24) is 0 Å². The molecule has 0 aromatic heterocycles. The Morgan fingerprint density at radius 3 is 1.96 bits per heavy atom. The average molecular weight is 437 g/mol. The molecule has 0 radical (unpaired) electrons. The van der Waals surface area contributed by atoms with Crippen LogP contribution in [0.3, 0.4) is 0 Å². The van der Waals surface area contributed by atoms with E-state index < -0.39 is 24.7 Å².